The van der Waals surface area contributed by atoms with E-state index in [0.29, 0.717) is 6.54 Å². The van der Waals surface area contributed by atoms with Gasteiger partial charge in [0.2, 0.25) is 0 Å². The van der Waals surface area contributed by atoms with Crippen molar-refractivity contribution in [1.29, 1.82) is 0 Å². The van der Waals surface area contributed by atoms with Gasteiger partial charge in [-0.2, -0.15) is 0 Å². The quantitative estimate of drug-likeness (QED) is 0.847. The number of rotatable bonds is 2. The first-order valence-corrected chi connectivity index (χ1v) is 8.08. The van der Waals surface area contributed by atoms with Crippen molar-refractivity contribution < 1.29 is 9.53 Å². The predicted octanol–water partition coefficient (Wildman–Crippen LogP) is 3.51. The van der Waals surface area contributed by atoms with Crippen LogP contribution in [0.25, 0.3) is 5.69 Å². The second kappa shape index (κ2) is 6.47. The number of allylic oxidation sites excluding steroid dienone is 1. The molecule has 1 atom stereocenters. The molecule has 1 aromatic heterocycles. The van der Waals surface area contributed by atoms with E-state index in [4.69, 9.17) is 4.74 Å². The molecule has 1 aliphatic heterocycles. The lowest BCUT2D eigenvalue weighted by Crippen LogP contribution is -2.36. The number of nitrogens with zero attached hydrogens (tertiary/aromatic N) is 4. The summed E-state index contributed by atoms with van der Waals surface area (Å²) in [6.45, 7) is 6.20. The molecule has 1 aromatic carbocycles. The van der Waals surface area contributed by atoms with E-state index in [0.717, 1.165) is 17.8 Å². The molecule has 0 spiro atoms. The highest BCUT2D eigenvalue weighted by Gasteiger charge is 2.25. The second-order valence-corrected chi connectivity index (χ2v) is 6.83. The smallest absolute Gasteiger partial charge is 0.414 e. The molecule has 0 saturated carbocycles. The summed E-state index contributed by atoms with van der Waals surface area (Å²) in [5.41, 5.74) is 1.39. The summed E-state index contributed by atoms with van der Waals surface area (Å²) >= 11 is 0. The molecule has 0 bridgehead atoms. The minimum absolute atomic E-state index is 0.154. The standard InChI is InChI=1S/C18H22N4O2/c1-18(2,3)24-17(23)21-11-9-14(10-12-21)16-13-22(20-19-16)15-7-5-4-6-8-15/h4-9,11,13-14H,10,12H2,1-3H3. The molecule has 126 valence electrons. The fraction of sp³-hybridized carbons (Fsp3) is 0.389. The van der Waals surface area contributed by atoms with Crippen molar-refractivity contribution in [2.24, 2.45) is 0 Å². The number of amides is 1. The molecule has 0 N–H and O–H groups in total. The van der Waals surface area contributed by atoms with Gasteiger partial charge in [-0.25, -0.2) is 9.48 Å². The Bertz CT molecular complexity index is 731. The topological polar surface area (TPSA) is 60.2 Å². The molecule has 24 heavy (non-hydrogen) atoms. The van der Waals surface area contributed by atoms with E-state index in [-0.39, 0.29) is 12.0 Å². The monoisotopic (exact) mass is 326 g/mol. The Morgan fingerprint density at radius 1 is 1.25 bits per heavy atom. The van der Waals surface area contributed by atoms with Crippen molar-refractivity contribution in [2.45, 2.75) is 38.7 Å². The Hall–Kier alpha value is -2.63. The van der Waals surface area contributed by atoms with Gasteiger partial charge in [0, 0.05) is 18.7 Å². The fourth-order valence-corrected chi connectivity index (χ4v) is 2.53. The number of carbonyl (C=O) groups excluding carboxylic acids is 1. The van der Waals surface area contributed by atoms with Gasteiger partial charge in [-0.3, -0.25) is 4.90 Å². The molecule has 6 nitrogen and oxygen atoms in total. The van der Waals surface area contributed by atoms with E-state index in [1.165, 1.54) is 0 Å². The molecule has 0 fully saturated rings. The third-order valence-corrected chi connectivity index (χ3v) is 3.72. The Morgan fingerprint density at radius 3 is 2.62 bits per heavy atom. The molecule has 2 heterocycles. The van der Waals surface area contributed by atoms with Crippen LogP contribution in [0, 0.1) is 0 Å². The number of hydrogen-bond acceptors (Lipinski definition) is 4. The summed E-state index contributed by atoms with van der Waals surface area (Å²) in [4.78, 5) is 13.7. The molecule has 0 saturated heterocycles. The van der Waals surface area contributed by atoms with Gasteiger partial charge >= 0.3 is 6.09 Å². The first-order chi connectivity index (χ1) is 11.4. The first-order valence-electron chi connectivity index (χ1n) is 8.08. The molecule has 1 amide bonds. The lowest BCUT2D eigenvalue weighted by atomic mass is 9.99. The maximum absolute atomic E-state index is 12.1. The molecule has 1 unspecified atom stereocenters. The number of hydrogen-bond donors (Lipinski definition) is 0. The van der Waals surface area contributed by atoms with E-state index in [1.54, 1.807) is 15.8 Å². The van der Waals surface area contributed by atoms with Crippen LogP contribution in [0.4, 0.5) is 4.79 Å². The molecule has 6 heteroatoms. The van der Waals surface area contributed by atoms with Crippen LogP contribution in [0.1, 0.15) is 38.8 Å². The van der Waals surface area contributed by atoms with Crippen LogP contribution < -0.4 is 0 Å². The molecule has 3 rings (SSSR count). The Morgan fingerprint density at radius 2 is 2.00 bits per heavy atom. The van der Waals surface area contributed by atoms with E-state index >= 15 is 0 Å². The van der Waals surface area contributed by atoms with Crippen molar-refractivity contribution >= 4 is 6.09 Å². The van der Waals surface area contributed by atoms with Gasteiger partial charge in [0.25, 0.3) is 0 Å². The highest BCUT2D eigenvalue weighted by molar-refractivity contribution is 5.69. The number of para-hydroxylation sites is 1. The zero-order valence-corrected chi connectivity index (χ0v) is 14.2. The van der Waals surface area contributed by atoms with Gasteiger partial charge in [-0.1, -0.05) is 29.5 Å². The van der Waals surface area contributed by atoms with Crippen LogP contribution in [-0.4, -0.2) is 38.1 Å². The Balaban J connectivity index is 1.67. The van der Waals surface area contributed by atoms with Crippen LogP contribution in [0.2, 0.25) is 0 Å². The molecular formula is C18H22N4O2. The number of carbonyl (C=O) groups is 1. The lowest BCUT2D eigenvalue weighted by molar-refractivity contribution is 0.0324. The third kappa shape index (κ3) is 3.82. The maximum atomic E-state index is 12.1. The van der Waals surface area contributed by atoms with Crippen molar-refractivity contribution in [3.8, 4) is 5.69 Å². The minimum atomic E-state index is -0.486. The van der Waals surface area contributed by atoms with Crippen molar-refractivity contribution in [2.75, 3.05) is 6.54 Å². The highest BCUT2D eigenvalue weighted by atomic mass is 16.6. The van der Waals surface area contributed by atoms with E-state index in [9.17, 15) is 4.79 Å². The molecular weight excluding hydrogens is 304 g/mol. The van der Waals surface area contributed by atoms with Gasteiger partial charge in [0.05, 0.1) is 17.6 Å². The van der Waals surface area contributed by atoms with Gasteiger partial charge in [0.1, 0.15) is 5.60 Å². The van der Waals surface area contributed by atoms with E-state index in [2.05, 4.69) is 10.3 Å². The average Bonchev–Trinajstić information content (AvgIpc) is 3.04. The Kier molecular flexibility index (Phi) is 4.38. The summed E-state index contributed by atoms with van der Waals surface area (Å²) in [5, 5.41) is 8.46. The number of aromatic nitrogens is 3. The van der Waals surface area contributed by atoms with Crippen LogP contribution in [0.3, 0.4) is 0 Å². The van der Waals surface area contributed by atoms with Crippen LogP contribution >= 0.6 is 0 Å². The maximum Gasteiger partial charge on any atom is 0.414 e. The van der Waals surface area contributed by atoms with Crippen molar-refractivity contribution in [3.05, 3.63) is 54.5 Å². The summed E-state index contributed by atoms with van der Waals surface area (Å²) in [5.74, 6) is 0.154. The SMILES string of the molecule is CC(C)(C)OC(=O)N1C=CC(c2cn(-c3ccccc3)nn2)CC1. The average molecular weight is 326 g/mol. The Labute approximate surface area is 141 Å². The normalized spacial score (nSPS) is 17.8. The summed E-state index contributed by atoms with van der Waals surface area (Å²) in [7, 11) is 0. The second-order valence-electron chi connectivity index (χ2n) is 6.83. The molecule has 1 aliphatic rings. The van der Waals surface area contributed by atoms with Gasteiger partial charge in [-0.05, 0) is 39.3 Å². The van der Waals surface area contributed by atoms with Gasteiger partial charge in [-0.15, -0.1) is 5.10 Å². The van der Waals surface area contributed by atoms with E-state index < -0.39 is 5.60 Å². The van der Waals surface area contributed by atoms with E-state index in [1.807, 2.05) is 63.4 Å². The molecule has 0 radical (unpaired) electrons. The van der Waals surface area contributed by atoms with Crippen LogP contribution in [0.15, 0.2) is 48.8 Å². The van der Waals surface area contributed by atoms with Crippen molar-refractivity contribution in [3.63, 3.8) is 0 Å². The molecule has 2 aromatic rings. The van der Waals surface area contributed by atoms with Crippen LogP contribution in [0.5, 0.6) is 0 Å². The summed E-state index contributed by atoms with van der Waals surface area (Å²) < 4.78 is 7.15. The largest absolute Gasteiger partial charge is 0.443 e. The summed E-state index contributed by atoms with van der Waals surface area (Å²) in [6, 6.07) is 9.88. The lowest BCUT2D eigenvalue weighted by Gasteiger charge is -2.28. The molecule has 0 aliphatic carbocycles. The van der Waals surface area contributed by atoms with Crippen LogP contribution in [-0.2, 0) is 4.74 Å². The fourth-order valence-electron chi connectivity index (χ4n) is 2.53. The zero-order chi connectivity index (χ0) is 17.2. The van der Waals surface area contributed by atoms with Gasteiger partial charge < -0.3 is 4.74 Å². The minimum Gasteiger partial charge on any atom is -0.443 e. The summed E-state index contributed by atoms with van der Waals surface area (Å²) in [6.07, 6.45) is 6.18. The first kappa shape index (κ1) is 16.2. The number of benzene rings is 1. The highest BCUT2D eigenvalue weighted by Crippen LogP contribution is 2.25. The van der Waals surface area contributed by atoms with Crippen molar-refractivity contribution in [1.82, 2.24) is 19.9 Å². The van der Waals surface area contributed by atoms with Gasteiger partial charge in [0.15, 0.2) is 0 Å². The predicted molar refractivity (Wildman–Crippen MR) is 90.8 cm³/mol. The third-order valence-electron chi connectivity index (χ3n) is 3.72. The zero-order valence-electron chi connectivity index (χ0n) is 14.2. The number of ether oxygens (including phenoxy) is 1.